The average Bonchev–Trinajstić information content (AvgIpc) is 2.74. The number of aromatic carboxylic acids is 1. The van der Waals surface area contributed by atoms with E-state index in [9.17, 15) is 27.9 Å². The molecule has 1 amide bonds. The molecule has 1 aromatic rings. The van der Waals surface area contributed by atoms with E-state index in [-0.39, 0.29) is 34.9 Å². The number of ether oxygens (including phenoxy) is 1. The number of carbonyl (C=O) groups excluding carboxylic acids is 1. The summed E-state index contributed by atoms with van der Waals surface area (Å²) < 4.78 is 45.4. The molecule has 186 valence electrons. The molecular weight excluding hydrogens is 449 g/mol. The number of carbonyl (C=O) groups is 2. The number of carboxylic acids is 1. The van der Waals surface area contributed by atoms with Crippen molar-refractivity contribution in [3.05, 3.63) is 60.0 Å². The molecule has 1 aliphatic rings. The third-order valence-corrected chi connectivity index (χ3v) is 5.83. The van der Waals surface area contributed by atoms with Gasteiger partial charge in [-0.2, -0.15) is 13.2 Å². The summed E-state index contributed by atoms with van der Waals surface area (Å²) in [5.41, 5.74) is 4.01. The Hall–Kier alpha value is -3.23. The number of alkyl halides is 3. The number of benzene rings is 1. The van der Waals surface area contributed by atoms with Crippen molar-refractivity contribution in [2.75, 3.05) is 4.90 Å². The first-order chi connectivity index (χ1) is 15.9. The van der Waals surface area contributed by atoms with E-state index < -0.39 is 23.5 Å². The number of anilines is 1. The molecule has 2 rings (SSSR count). The van der Waals surface area contributed by atoms with Crippen LogP contribution < -0.4 is 15.4 Å². The van der Waals surface area contributed by atoms with Gasteiger partial charge in [0.15, 0.2) is 0 Å². The van der Waals surface area contributed by atoms with Gasteiger partial charge in [-0.1, -0.05) is 19.6 Å². The Bertz CT molecular complexity index is 975. The third kappa shape index (κ3) is 6.42. The van der Waals surface area contributed by atoms with Crippen molar-refractivity contribution in [3.8, 4) is 5.75 Å². The fourth-order valence-electron chi connectivity index (χ4n) is 4.06. The maximum absolute atomic E-state index is 13.3. The smallest absolute Gasteiger partial charge is 0.419 e. The highest BCUT2D eigenvalue weighted by Crippen LogP contribution is 2.35. The number of carboxylic acid groups (broad SMARTS) is 1. The van der Waals surface area contributed by atoms with Crippen LogP contribution in [0.4, 0.5) is 18.9 Å². The minimum absolute atomic E-state index is 0.152. The second-order valence-electron chi connectivity index (χ2n) is 8.68. The molecule has 0 aromatic heterocycles. The maximum Gasteiger partial charge on any atom is 0.419 e. The molecule has 34 heavy (non-hydrogen) atoms. The van der Waals surface area contributed by atoms with Gasteiger partial charge in [0.25, 0.3) is 0 Å². The van der Waals surface area contributed by atoms with Gasteiger partial charge in [0.05, 0.1) is 16.8 Å². The van der Waals surface area contributed by atoms with Gasteiger partial charge in [-0.25, -0.2) is 4.79 Å². The molecule has 0 aliphatic heterocycles. The van der Waals surface area contributed by atoms with Crippen LogP contribution >= 0.6 is 0 Å². The molecule has 1 aliphatic carbocycles. The molecule has 1 aromatic carbocycles. The Morgan fingerprint density at radius 3 is 2.32 bits per heavy atom. The van der Waals surface area contributed by atoms with Crippen molar-refractivity contribution in [1.82, 2.24) is 0 Å². The van der Waals surface area contributed by atoms with E-state index in [0.717, 1.165) is 44.0 Å². The first-order valence-electron chi connectivity index (χ1n) is 11.1. The quantitative estimate of drug-likeness (QED) is 0.362. The molecule has 0 saturated heterocycles. The van der Waals surface area contributed by atoms with Gasteiger partial charge in [-0.05, 0) is 75.9 Å². The summed E-state index contributed by atoms with van der Waals surface area (Å²) in [6.07, 6.45) is 0.929. The van der Waals surface area contributed by atoms with E-state index in [2.05, 4.69) is 13.5 Å². The van der Waals surface area contributed by atoms with Crippen molar-refractivity contribution < 1.29 is 32.6 Å². The number of hydrogen-bond donors (Lipinski definition) is 2. The largest absolute Gasteiger partial charge is 0.478 e. The molecule has 0 atom stereocenters. The molecule has 1 saturated carbocycles. The summed E-state index contributed by atoms with van der Waals surface area (Å²) in [5.74, 6) is -1.94. The predicted octanol–water partition coefficient (Wildman–Crippen LogP) is 5.81. The zero-order chi connectivity index (χ0) is 25.6. The molecule has 1 fully saturated rings. The van der Waals surface area contributed by atoms with Crippen molar-refractivity contribution in [3.63, 3.8) is 0 Å². The standard InChI is InChI=1S/C25H31F3N2O4/c1-5-20(25(26,27)28)22(12-13-29)34-18-10-11-21(19(14-18)24(32)33)30(15(2)3)23(31)17-8-6-16(4)7-9-17/h5,10-17H,1,6-9,29H2,2-4H3,(H,32,33)/b13-12-,22-20-/t16-,17-. The van der Waals surface area contributed by atoms with E-state index in [1.807, 2.05) is 0 Å². The SMILES string of the molecule is C=C/C(=C(\C=C/N)Oc1ccc(N(C(=O)[C@H]2CC[C@H](C)CC2)C(C)C)c(C(=O)O)c1)C(F)(F)F. The number of allylic oxidation sites excluding steroid dienone is 3. The monoisotopic (exact) mass is 480 g/mol. The van der Waals surface area contributed by atoms with Crippen LogP contribution in [0.5, 0.6) is 5.75 Å². The molecule has 0 bridgehead atoms. The zero-order valence-corrected chi connectivity index (χ0v) is 19.6. The van der Waals surface area contributed by atoms with Crippen LogP contribution in [-0.4, -0.2) is 29.2 Å². The van der Waals surface area contributed by atoms with Crippen LogP contribution in [0.1, 0.15) is 56.8 Å². The molecular formula is C25H31F3N2O4. The highest BCUT2D eigenvalue weighted by molar-refractivity contribution is 6.03. The fourth-order valence-corrected chi connectivity index (χ4v) is 4.06. The van der Waals surface area contributed by atoms with Gasteiger partial charge in [-0.15, -0.1) is 0 Å². The van der Waals surface area contributed by atoms with Gasteiger partial charge in [0.1, 0.15) is 11.5 Å². The summed E-state index contributed by atoms with van der Waals surface area (Å²) in [5, 5.41) is 9.83. The van der Waals surface area contributed by atoms with E-state index in [1.165, 1.54) is 17.0 Å². The molecule has 0 unspecified atom stereocenters. The number of halogens is 3. The average molecular weight is 481 g/mol. The van der Waals surface area contributed by atoms with Gasteiger partial charge in [0, 0.05) is 12.0 Å². The number of amides is 1. The normalized spacial score (nSPS) is 19.6. The lowest BCUT2D eigenvalue weighted by Crippen LogP contribution is -2.42. The van der Waals surface area contributed by atoms with Crippen molar-refractivity contribution in [1.29, 1.82) is 0 Å². The Kier molecular flexibility index (Phi) is 8.95. The maximum atomic E-state index is 13.3. The second-order valence-corrected chi connectivity index (χ2v) is 8.68. The summed E-state index contributed by atoms with van der Waals surface area (Å²) in [6.45, 7) is 8.88. The minimum Gasteiger partial charge on any atom is -0.478 e. The van der Waals surface area contributed by atoms with Crippen LogP contribution in [0, 0.1) is 11.8 Å². The van der Waals surface area contributed by atoms with Gasteiger partial charge in [-0.3, -0.25) is 4.79 Å². The number of nitrogens with zero attached hydrogens (tertiary/aromatic N) is 1. The second kappa shape index (κ2) is 11.3. The van der Waals surface area contributed by atoms with Gasteiger partial charge in [0.2, 0.25) is 5.91 Å². The molecule has 0 spiro atoms. The summed E-state index contributed by atoms with van der Waals surface area (Å²) in [4.78, 5) is 26.9. The number of rotatable bonds is 8. The van der Waals surface area contributed by atoms with Gasteiger partial charge < -0.3 is 20.5 Å². The highest BCUT2D eigenvalue weighted by atomic mass is 19.4. The molecule has 3 N–H and O–H groups in total. The third-order valence-electron chi connectivity index (χ3n) is 5.83. The number of nitrogens with two attached hydrogens (primary N) is 1. The Morgan fingerprint density at radius 1 is 1.24 bits per heavy atom. The van der Waals surface area contributed by atoms with Crippen LogP contribution in [0.3, 0.4) is 0 Å². The van der Waals surface area contributed by atoms with Crippen LogP contribution in [0.2, 0.25) is 0 Å². The molecule has 0 heterocycles. The van der Waals surface area contributed by atoms with E-state index in [1.54, 1.807) is 13.8 Å². The lowest BCUT2D eigenvalue weighted by Gasteiger charge is -2.34. The Morgan fingerprint density at radius 2 is 1.85 bits per heavy atom. The lowest BCUT2D eigenvalue weighted by atomic mass is 9.82. The van der Waals surface area contributed by atoms with Crippen molar-refractivity contribution >= 4 is 17.6 Å². The van der Waals surface area contributed by atoms with Crippen molar-refractivity contribution in [2.45, 2.75) is 58.7 Å². The molecule has 6 nitrogen and oxygen atoms in total. The summed E-state index contributed by atoms with van der Waals surface area (Å²) >= 11 is 0. The topological polar surface area (TPSA) is 92.9 Å². The van der Waals surface area contributed by atoms with E-state index in [4.69, 9.17) is 10.5 Å². The summed E-state index contributed by atoms with van der Waals surface area (Å²) in [7, 11) is 0. The van der Waals surface area contributed by atoms with Crippen LogP contribution in [-0.2, 0) is 4.79 Å². The lowest BCUT2D eigenvalue weighted by molar-refractivity contribution is -0.123. The first-order valence-corrected chi connectivity index (χ1v) is 11.1. The zero-order valence-electron chi connectivity index (χ0n) is 19.6. The van der Waals surface area contributed by atoms with E-state index >= 15 is 0 Å². The fraction of sp³-hybridized carbons (Fsp3) is 0.440. The minimum atomic E-state index is -4.76. The van der Waals surface area contributed by atoms with Crippen LogP contribution in [0.15, 0.2) is 54.5 Å². The van der Waals surface area contributed by atoms with Crippen molar-refractivity contribution in [2.24, 2.45) is 17.6 Å². The highest BCUT2D eigenvalue weighted by Gasteiger charge is 2.35. The Labute approximate surface area is 197 Å². The predicted molar refractivity (Wildman–Crippen MR) is 124 cm³/mol. The molecule has 0 radical (unpaired) electrons. The van der Waals surface area contributed by atoms with Crippen LogP contribution in [0.25, 0.3) is 0 Å². The first kappa shape index (κ1) is 27.0. The Balaban J connectivity index is 2.50. The van der Waals surface area contributed by atoms with E-state index in [0.29, 0.717) is 12.0 Å². The molecule has 9 heteroatoms. The summed E-state index contributed by atoms with van der Waals surface area (Å²) in [6, 6.07) is 3.48. The number of hydrogen-bond acceptors (Lipinski definition) is 4. The van der Waals surface area contributed by atoms with Gasteiger partial charge >= 0.3 is 12.1 Å².